The zero-order valence-corrected chi connectivity index (χ0v) is 12.1. The van der Waals surface area contributed by atoms with E-state index in [-0.39, 0.29) is 36.4 Å². The molecule has 18 heavy (non-hydrogen) atoms. The largest absolute Gasteiger partial charge is 0.392 e. The molecule has 0 aromatic heterocycles. The van der Waals surface area contributed by atoms with Gasteiger partial charge < -0.3 is 20.8 Å². The molecule has 0 heterocycles. The van der Waals surface area contributed by atoms with Crippen LogP contribution in [-0.4, -0.2) is 58.8 Å². The van der Waals surface area contributed by atoms with Crippen LogP contribution in [0.25, 0.3) is 0 Å². The van der Waals surface area contributed by atoms with Crippen molar-refractivity contribution in [2.45, 2.75) is 26.1 Å². The molecule has 6 nitrogen and oxygen atoms in total. The Bertz CT molecular complexity index is 236. The van der Waals surface area contributed by atoms with Gasteiger partial charge in [-0.25, -0.2) is 0 Å². The Kier molecular flexibility index (Phi) is 10.2. The molecule has 2 atom stereocenters. The van der Waals surface area contributed by atoms with Gasteiger partial charge in [0.1, 0.15) is 0 Å². The van der Waals surface area contributed by atoms with Crippen molar-refractivity contribution in [2.24, 2.45) is 0 Å². The standard InChI is InChI=1S/C10H20N2O4S2/c1-7(13)3-11-9(15)5-17-18-6-10(16)12-4-8(2)14/h7-8,13-14H,3-6H2,1-2H3,(H,11,15)(H,12,16). The van der Waals surface area contributed by atoms with Crippen LogP contribution in [0.2, 0.25) is 0 Å². The molecule has 0 aliphatic heterocycles. The van der Waals surface area contributed by atoms with E-state index in [0.717, 1.165) is 0 Å². The summed E-state index contributed by atoms with van der Waals surface area (Å²) < 4.78 is 0. The maximum Gasteiger partial charge on any atom is 0.230 e. The first-order valence-electron chi connectivity index (χ1n) is 5.55. The van der Waals surface area contributed by atoms with Gasteiger partial charge >= 0.3 is 0 Å². The molecule has 0 aromatic carbocycles. The number of hydrogen-bond donors (Lipinski definition) is 4. The van der Waals surface area contributed by atoms with Crippen molar-refractivity contribution in [1.29, 1.82) is 0 Å². The summed E-state index contributed by atoms with van der Waals surface area (Å²) in [5, 5.41) is 23.0. The highest BCUT2D eigenvalue weighted by Gasteiger charge is 2.06. The minimum Gasteiger partial charge on any atom is -0.392 e. The van der Waals surface area contributed by atoms with Crippen LogP contribution in [0.5, 0.6) is 0 Å². The normalized spacial score (nSPS) is 13.8. The highest BCUT2D eigenvalue weighted by molar-refractivity contribution is 8.77. The molecule has 0 spiro atoms. The number of rotatable bonds is 9. The molecule has 0 aliphatic carbocycles. The van der Waals surface area contributed by atoms with Crippen molar-refractivity contribution in [3.05, 3.63) is 0 Å². The molecule has 0 fully saturated rings. The van der Waals surface area contributed by atoms with Crippen LogP contribution in [0.1, 0.15) is 13.8 Å². The monoisotopic (exact) mass is 296 g/mol. The van der Waals surface area contributed by atoms with Gasteiger partial charge in [0.05, 0.1) is 23.7 Å². The molecule has 106 valence electrons. The van der Waals surface area contributed by atoms with Gasteiger partial charge in [0.15, 0.2) is 0 Å². The second-order valence-corrected chi connectivity index (χ2v) is 6.29. The summed E-state index contributed by atoms with van der Waals surface area (Å²) in [5.74, 6) is 0.137. The summed E-state index contributed by atoms with van der Waals surface area (Å²) in [7, 11) is 2.55. The number of carbonyl (C=O) groups excluding carboxylic acids is 2. The van der Waals surface area contributed by atoms with Crippen LogP contribution in [0.15, 0.2) is 0 Å². The van der Waals surface area contributed by atoms with Crippen molar-refractivity contribution in [1.82, 2.24) is 10.6 Å². The van der Waals surface area contributed by atoms with Crippen LogP contribution >= 0.6 is 21.6 Å². The van der Waals surface area contributed by atoms with E-state index in [1.54, 1.807) is 13.8 Å². The minimum atomic E-state index is -0.558. The molecular formula is C10H20N2O4S2. The lowest BCUT2D eigenvalue weighted by molar-refractivity contribution is -0.119. The highest BCUT2D eigenvalue weighted by Crippen LogP contribution is 2.19. The Hall–Kier alpha value is -0.440. The number of aliphatic hydroxyl groups excluding tert-OH is 2. The molecule has 2 unspecified atom stereocenters. The summed E-state index contributed by atoms with van der Waals surface area (Å²) in [5.41, 5.74) is 0. The van der Waals surface area contributed by atoms with Gasteiger partial charge in [0.25, 0.3) is 0 Å². The summed E-state index contributed by atoms with van der Waals surface area (Å²) in [6.07, 6.45) is -1.12. The van der Waals surface area contributed by atoms with Gasteiger partial charge in [-0.3, -0.25) is 9.59 Å². The Morgan fingerprint density at radius 1 is 0.944 bits per heavy atom. The molecule has 8 heteroatoms. The third-order valence-corrected chi connectivity index (χ3v) is 3.79. The Morgan fingerprint density at radius 2 is 1.28 bits per heavy atom. The zero-order valence-electron chi connectivity index (χ0n) is 10.5. The summed E-state index contributed by atoms with van der Waals surface area (Å²) >= 11 is 0. The fourth-order valence-corrected chi connectivity index (χ4v) is 2.54. The zero-order chi connectivity index (χ0) is 14.0. The van der Waals surface area contributed by atoms with Gasteiger partial charge in [-0.05, 0) is 13.8 Å². The molecule has 0 saturated carbocycles. The third kappa shape index (κ3) is 12.0. The first kappa shape index (κ1) is 17.6. The van der Waals surface area contributed by atoms with Crippen molar-refractivity contribution >= 4 is 33.4 Å². The number of amides is 2. The van der Waals surface area contributed by atoms with Crippen molar-refractivity contribution in [3.63, 3.8) is 0 Å². The second-order valence-electron chi connectivity index (χ2n) is 3.83. The van der Waals surface area contributed by atoms with Crippen molar-refractivity contribution in [2.75, 3.05) is 24.6 Å². The molecular weight excluding hydrogens is 276 g/mol. The van der Waals surface area contributed by atoms with E-state index >= 15 is 0 Å². The molecule has 0 aliphatic rings. The lowest BCUT2D eigenvalue weighted by atomic mass is 10.4. The topological polar surface area (TPSA) is 98.7 Å². The molecule has 0 saturated heterocycles. The molecule has 2 amide bonds. The molecule has 0 bridgehead atoms. The van der Waals surface area contributed by atoms with E-state index in [4.69, 9.17) is 10.2 Å². The Balaban J connectivity index is 3.44. The van der Waals surface area contributed by atoms with E-state index < -0.39 is 12.2 Å². The number of aliphatic hydroxyl groups is 2. The first-order valence-corrected chi connectivity index (χ1v) is 8.04. The van der Waals surface area contributed by atoms with E-state index in [2.05, 4.69) is 10.6 Å². The average Bonchev–Trinajstić information content (AvgIpc) is 2.29. The van der Waals surface area contributed by atoms with Crippen LogP contribution < -0.4 is 10.6 Å². The van der Waals surface area contributed by atoms with Crippen molar-refractivity contribution in [3.8, 4) is 0 Å². The van der Waals surface area contributed by atoms with Gasteiger partial charge in [-0.1, -0.05) is 21.6 Å². The van der Waals surface area contributed by atoms with Gasteiger partial charge in [-0.15, -0.1) is 0 Å². The first-order chi connectivity index (χ1) is 8.41. The molecule has 0 radical (unpaired) electrons. The predicted molar refractivity (Wildman–Crippen MR) is 74.3 cm³/mol. The van der Waals surface area contributed by atoms with E-state index in [0.29, 0.717) is 0 Å². The maximum absolute atomic E-state index is 11.2. The van der Waals surface area contributed by atoms with Crippen LogP contribution in [0.4, 0.5) is 0 Å². The highest BCUT2D eigenvalue weighted by atomic mass is 33.1. The second kappa shape index (κ2) is 10.5. The number of nitrogens with one attached hydrogen (secondary N) is 2. The average molecular weight is 296 g/mol. The van der Waals surface area contributed by atoms with Crippen LogP contribution in [0, 0.1) is 0 Å². The molecule has 4 N–H and O–H groups in total. The Labute approximate surface area is 115 Å². The SMILES string of the molecule is CC(O)CNC(=O)CSSCC(=O)NCC(C)O. The van der Waals surface area contributed by atoms with E-state index in [9.17, 15) is 9.59 Å². The fraction of sp³-hybridized carbons (Fsp3) is 0.800. The fourth-order valence-electron chi connectivity index (χ4n) is 0.816. The van der Waals surface area contributed by atoms with Crippen molar-refractivity contribution < 1.29 is 19.8 Å². The summed E-state index contributed by atoms with van der Waals surface area (Å²) in [4.78, 5) is 22.4. The third-order valence-electron chi connectivity index (χ3n) is 1.65. The number of hydrogen-bond acceptors (Lipinski definition) is 6. The summed E-state index contributed by atoms with van der Waals surface area (Å²) in [6.45, 7) is 3.65. The molecule has 0 aromatic rings. The Morgan fingerprint density at radius 3 is 1.56 bits per heavy atom. The number of carbonyl (C=O) groups is 2. The van der Waals surface area contributed by atoms with Crippen LogP contribution in [-0.2, 0) is 9.59 Å². The lowest BCUT2D eigenvalue weighted by Gasteiger charge is -2.07. The maximum atomic E-state index is 11.2. The summed E-state index contributed by atoms with van der Waals surface area (Å²) in [6, 6.07) is 0. The minimum absolute atomic E-state index is 0.169. The van der Waals surface area contributed by atoms with Gasteiger partial charge in [0, 0.05) is 13.1 Å². The van der Waals surface area contributed by atoms with Gasteiger partial charge in [0.2, 0.25) is 11.8 Å². The lowest BCUT2D eigenvalue weighted by Crippen LogP contribution is -2.32. The predicted octanol–water partition coefficient (Wildman–Crippen LogP) is -0.638. The van der Waals surface area contributed by atoms with Crippen LogP contribution in [0.3, 0.4) is 0 Å². The van der Waals surface area contributed by atoms with Gasteiger partial charge in [-0.2, -0.15) is 0 Å². The van der Waals surface area contributed by atoms with E-state index in [1.165, 1.54) is 21.6 Å². The quantitative estimate of drug-likeness (QED) is 0.334. The smallest absolute Gasteiger partial charge is 0.230 e. The van der Waals surface area contributed by atoms with E-state index in [1.807, 2.05) is 0 Å². The molecule has 0 rings (SSSR count).